The Morgan fingerprint density at radius 2 is 2.00 bits per heavy atom. The van der Waals surface area contributed by atoms with Gasteiger partial charge in [-0.2, -0.15) is 9.57 Å². The third-order valence-electron chi connectivity index (χ3n) is 3.88. The van der Waals surface area contributed by atoms with Gasteiger partial charge in [-0.15, -0.1) is 6.58 Å². The first-order valence-electron chi connectivity index (χ1n) is 6.68. The summed E-state index contributed by atoms with van der Waals surface area (Å²) < 4.78 is 26.7. The minimum absolute atomic E-state index is 0.0719. The highest BCUT2D eigenvalue weighted by molar-refractivity contribution is 7.89. The van der Waals surface area contributed by atoms with Gasteiger partial charge in [-0.1, -0.05) is 30.4 Å². The highest BCUT2D eigenvalue weighted by Crippen LogP contribution is 2.33. The molecule has 0 radical (unpaired) electrons. The predicted octanol–water partition coefficient (Wildman–Crippen LogP) is 2.50. The van der Waals surface area contributed by atoms with E-state index in [-0.39, 0.29) is 23.3 Å². The second-order valence-corrected chi connectivity index (χ2v) is 7.22. The molecule has 1 saturated heterocycles. The van der Waals surface area contributed by atoms with Gasteiger partial charge in [0.2, 0.25) is 10.0 Å². The molecule has 1 fully saturated rings. The third-order valence-corrected chi connectivity index (χ3v) is 5.73. The van der Waals surface area contributed by atoms with Crippen molar-refractivity contribution in [3.8, 4) is 6.07 Å². The molecule has 0 aromatic heterocycles. The van der Waals surface area contributed by atoms with Crippen LogP contribution >= 0.6 is 0 Å². The lowest BCUT2D eigenvalue weighted by atomic mass is 9.90. The molecular weight excluding hydrogens is 284 g/mol. The maximum absolute atomic E-state index is 12.6. The van der Waals surface area contributed by atoms with E-state index in [0.29, 0.717) is 12.1 Å². The lowest BCUT2D eigenvalue weighted by Crippen LogP contribution is -2.29. The predicted molar refractivity (Wildman–Crippen MR) is 81.9 cm³/mol. The van der Waals surface area contributed by atoms with Gasteiger partial charge in [0, 0.05) is 24.6 Å². The summed E-state index contributed by atoms with van der Waals surface area (Å²) in [6, 6.07) is 8.80. The van der Waals surface area contributed by atoms with Gasteiger partial charge < -0.3 is 0 Å². The number of hydrogen-bond acceptors (Lipinski definition) is 3. The smallest absolute Gasteiger partial charge is 0.207 e. The Kier molecular flexibility index (Phi) is 4.31. The molecule has 0 aliphatic carbocycles. The SMILES string of the molecule is C=C[C@H]1CN(S(=O)(=O)c2ccc(C)cc2)C[C@H]1C(=C)C#N. The molecule has 0 saturated carbocycles. The zero-order valence-corrected chi connectivity index (χ0v) is 12.8. The Labute approximate surface area is 126 Å². The Morgan fingerprint density at radius 3 is 2.52 bits per heavy atom. The summed E-state index contributed by atoms with van der Waals surface area (Å²) in [4.78, 5) is 0.277. The molecule has 4 nitrogen and oxygen atoms in total. The van der Waals surface area contributed by atoms with E-state index in [1.54, 1.807) is 30.3 Å². The van der Waals surface area contributed by atoms with Crippen LogP contribution in [-0.4, -0.2) is 25.8 Å². The number of aryl methyl sites for hydroxylation is 1. The van der Waals surface area contributed by atoms with Gasteiger partial charge in [-0.3, -0.25) is 0 Å². The maximum atomic E-state index is 12.6. The second kappa shape index (κ2) is 5.84. The standard InChI is InChI=1S/C16H18N2O2S/c1-4-14-10-18(11-16(14)13(3)9-17)21(19,20)15-7-5-12(2)6-8-15/h4-8,14,16H,1,3,10-11H2,2H3/t14-,16-/m0/s1. The summed E-state index contributed by atoms with van der Waals surface area (Å²) in [6.07, 6.45) is 1.71. The molecule has 1 aromatic rings. The van der Waals surface area contributed by atoms with Gasteiger partial charge in [0.1, 0.15) is 0 Å². The van der Waals surface area contributed by atoms with E-state index in [0.717, 1.165) is 5.56 Å². The lowest BCUT2D eigenvalue weighted by Gasteiger charge is -2.16. The summed E-state index contributed by atoms with van der Waals surface area (Å²) in [6.45, 7) is 9.99. The average Bonchev–Trinajstić information content (AvgIpc) is 2.92. The topological polar surface area (TPSA) is 61.2 Å². The van der Waals surface area contributed by atoms with Gasteiger partial charge >= 0.3 is 0 Å². The molecule has 0 amide bonds. The van der Waals surface area contributed by atoms with Gasteiger partial charge in [-0.05, 0) is 25.0 Å². The fourth-order valence-corrected chi connectivity index (χ4v) is 4.04. The van der Waals surface area contributed by atoms with Crippen LogP contribution in [0.5, 0.6) is 0 Å². The van der Waals surface area contributed by atoms with E-state index in [1.807, 2.05) is 13.0 Å². The van der Waals surface area contributed by atoms with Crippen LogP contribution in [0.1, 0.15) is 5.56 Å². The summed E-state index contributed by atoms with van der Waals surface area (Å²) in [5.41, 5.74) is 1.41. The van der Waals surface area contributed by atoms with Crippen molar-refractivity contribution in [2.24, 2.45) is 11.8 Å². The zero-order valence-electron chi connectivity index (χ0n) is 12.0. The minimum Gasteiger partial charge on any atom is -0.207 e. The van der Waals surface area contributed by atoms with Crippen molar-refractivity contribution in [2.45, 2.75) is 11.8 Å². The van der Waals surface area contributed by atoms with Crippen LogP contribution in [0.4, 0.5) is 0 Å². The molecule has 1 aromatic carbocycles. The largest absolute Gasteiger partial charge is 0.243 e. The van der Waals surface area contributed by atoms with Crippen LogP contribution in [0.3, 0.4) is 0 Å². The van der Waals surface area contributed by atoms with Gasteiger partial charge in [0.15, 0.2) is 0 Å². The first-order valence-corrected chi connectivity index (χ1v) is 8.12. The van der Waals surface area contributed by atoms with Crippen molar-refractivity contribution in [3.05, 3.63) is 54.6 Å². The number of nitriles is 1. The van der Waals surface area contributed by atoms with Crippen molar-refractivity contribution >= 4 is 10.0 Å². The Balaban J connectivity index is 2.30. The Morgan fingerprint density at radius 1 is 1.38 bits per heavy atom. The van der Waals surface area contributed by atoms with E-state index < -0.39 is 10.0 Å². The van der Waals surface area contributed by atoms with Crippen molar-refractivity contribution in [1.29, 1.82) is 5.26 Å². The second-order valence-electron chi connectivity index (χ2n) is 5.28. The van der Waals surface area contributed by atoms with Crippen molar-refractivity contribution < 1.29 is 8.42 Å². The Hall–Kier alpha value is -1.90. The first kappa shape index (κ1) is 15.5. The quantitative estimate of drug-likeness (QED) is 0.634. The molecule has 1 aliphatic heterocycles. The summed E-state index contributed by atoms with van der Waals surface area (Å²) in [5.74, 6) is -0.259. The molecule has 2 atom stereocenters. The Bertz CT molecular complexity index is 699. The summed E-state index contributed by atoms with van der Waals surface area (Å²) in [7, 11) is -3.54. The number of rotatable bonds is 4. The summed E-state index contributed by atoms with van der Waals surface area (Å²) in [5, 5.41) is 8.99. The molecule has 0 spiro atoms. The van der Waals surface area contributed by atoms with Gasteiger partial charge in [0.25, 0.3) is 0 Å². The van der Waals surface area contributed by atoms with Crippen LogP contribution in [0, 0.1) is 30.1 Å². The van der Waals surface area contributed by atoms with E-state index in [2.05, 4.69) is 13.2 Å². The minimum atomic E-state index is -3.54. The van der Waals surface area contributed by atoms with Gasteiger partial charge in [-0.25, -0.2) is 8.42 Å². The monoisotopic (exact) mass is 302 g/mol. The third kappa shape index (κ3) is 2.92. The van der Waals surface area contributed by atoms with Gasteiger partial charge in [0.05, 0.1) is 11.0 Å². The number of nitrogens with zero attached hydrogens (tertiary/aromatic N) is 2. The molecule has 0 bridgehead atoms. The van der Waals surface area contributed by atoms with Crippen LogP contribution in [-0.2, 0) is 10.0 Å². The number of hydrogen-bond donors (Lipinski definition) is 0. The summed E-state index contributed by atoms with van der Waals surface area (Å²) >= 11 is 0. The highest BCUT2D eigenvalue weighted by atomic mass is 32.2. The van der Waals surface area contributed by atoms with E-state index in [1.165, 1.54) is 4.31 Å². The van der Waals surface area contributed by atoms with E-state index in [9.17, 15) is 8.42 Å². The van der Waals surface area contributed by atoms with Crippen LogP contribution < -0.4 is 0 Å². The van der Waals surface area contributed by atoms with Crippen LogP contribution in [0.2, 0.25) is 0 Å². The molecule has 110 valence electrons. The molecule has 1 heterocycles. The van der Waals surface area contributed by atoms with E-state index >= 15 is 0 Å². The zero-order chi connectivity index (χ0) is 15.6. The molecule has 0 N–H and O–H groups in total. The fraction of sp³-hybridized carbons (Fsp3) is 0.312. The maximum Gasteiger partial charge on any atom is 0.243 e. The highest BCUT2D eigenvalue weighted by Gasteiger charge is 2.39. The molecule has 21 heavy (non-hydrogen) atoms. The molecule has 5 heteroatoms. The van der Waals surface area contributed by atoms with Crippen molar-refractivity contribution in [1.82, 2.24) is 4.31 Å². The number of benzene rings is 1. The molecule has 1 aliphatic rings. The lowest BCUT2D eigenvalue weighted by molar-refractivity contribution is 0.467. The fourth-order valence-electron chi connectivity index (χ4n) is 2.54. The first-order chi connectivity index (χ1) is 9.90. The number of sulfonamides is 1. The van der Waals surface area contributed by atoms with Crippen LogP contribution in [0.15, 0.2) is 54.0 Å². The van der Waals surface area contributed by atoms with Crippen molar-refractivity contribution in [3.63, 3.8) is 0 Å². The van der Waals surface area contributed by atoms with Crippen LogP contribution in [0.25, 0.3) is 0 Å². The normalized spacial score (nSPS) is 22.7. The molecular formula is C16H18N2O2S. The van der Waals surface area contributed by atoms with Crippen molar-refractivity contribution in [2.75, 3.05) is 13.1 Å². The van der Waals surface area contributed by atoms with E-state index in [4.69, 9.17) is 5.26 Å². The molecule has 0 unspecified atom stereocenters. The molecule has 2 rings (SSSR count). The average molecular weight is 302 g/mol.